The average Bonchev–Trinajstić information content (AvgIpc) is 3.25. The molecule has 1 nitrogen and oxygen atoms in total. The van der Waals surface area contributed by atoms with Gasteiger partial charge in [0.15, 0.2) is 0 Å². The first-order valence-electron chi connectivity index (χ1n) is 7.68. The Kier molecular flexibility index (Phi) is 1.68. The summed E-state index contributed by atoms with van der Waals surface area (Å²) in [4.78, 5) is 0. The highest BCUT2D eigenvalue weighted by Gasteiger charge is 2.68. The Morgan fingerprint density at radius 1 is 1.11 bits per heavy atom. The third-order valence-electron chi connectivity index (χ3n) is 6.36. The van der Waals surface area contributed by atoms with Crippen molar-refractivity contribution in [3.63, 3.8) is 0 Å². The normalized spacial score (nSPS) is 33.0. The second kappa shape index (κ2) is 3.01. The van der Waals surface area contributed by atoms with Crippen LogP contribution in [0.15, 0.2) is 18.2 Å². The first kappa shape index (κ1) is 10.0. The molecule has 5 rings (SSSR count). The molecule has 0 radical (unpaired) electrons. The second-order valence-corrected chi connectivity index (χ2v) is 7.11. The predicted octanol–water partition coefficient (Wildman–Crippen LogP) is 3.48. The van der Waals surface area contributed by atoms with Crippen molar-refractivity contribution in [3.05, 3.63) is 34.9 Å². The Labute approximate surface area is 109 Å². The average molecular weight is 239 g/mol. The molecule has 0 amide bonds. The van der Waals surface area contributed by atoms with E-state index in [1.54, 1.807) is 16.7 Å². The Hall–Kier alpha value is -0.820. The van der Waals surface area contributed by atoms with Gasteiger partial charge >= 0.3 is 0 Å². The minimum atomic E-state index is 0.638. The van der Waals surface area contributed by atoms with Crippen LogP contribution in [0.25, 0.3) is 0 Å². The Balaban J connectivity index is 1.77. The van der Waals surface area contributed by atoms with E-state index >= 15 is 0 Å². The van der Waals surface area contributed by atoms with Crippen molar-refractivity contribution in [3.8, 4) is 0 Å². The molecule has 0 unspecified atom stereocenters. The second-order valence-electron chi connectivity index (χ2n) is 7.11. The summed E-state index contributed by atoms with van der Waals surface area (Å²) in [5, 5.41) is 3.62. The van der Waals surface area contributed by atoms with Gasteiger partial charge in [0.2, 0.25) is 0 Å². The summed E-state index contributed by atoms with van der Waals surface area (Å²) in [5.41, 5.74) is 6.54. The Bertz CT molecular complexity index is 522. The first-order chi connectivity index (χ1) is 8.85. The van der Waals surface area contributed by atoms with Crippen molar-refractivity contribution < 1.29 is 0 Å². The standard InChI is InChI=1S/C17H21N/c1-2-13-11-18-9-4-12-10-16(5-6-16)17(7-8-17)14(3-1)15(12)13/h1-3,12,18H,4-11H2/t12-/m1/s1. The van der Waals surface area contributed by atoms with Gasteiger partial charge in [0.25, 0.3) is 0 Å². The van der Waals surface area contributed by atoms with Crippen LogP contribution in [0, 0.1) is 5.41 Å². The molecule has 1 aromatic carbocycles. The maximum Gasteiger partial charge on any atom is 0.0208 e. The molecule has 0 aromatic heterocycles. The molecular formula is C17H21N. The number of rotatable bonds is 0. The van der Waals surface area contributed by atoms with E-state index in [1.165, 1.54) is 45.1 Å². The topological polar surface area (TPSA) is 12.0 Å². The van der Waals surface area contributed by atoms with Gasteiger partial charge in [-0.2, -0.15) is 0 Å². The van der Waals surface area contributed by atoms with Gasteiger partial charge in [-0.1, -0.05) is 18.2 Å². The van der Waals surface area contributed by atoms with Gasteiger partial charge < -0.3 is 5.32 Å². The summed E-state index contributed by atoms with van der Waals surface area (Å²) < 4.78 is 0. The molecular weight excluding hydrogens is 218 g/mol. The third-order valence-corrected chi connectivity index (χ3v) is 6.36. The number of fused-ring (bicyclic) bond motifs is 2. The van der Waals surface area contributed by atoms with E-state index in [2.05, 4.69) is 23.5 Å². The number of hydrogen-bond acceptors (Lipinski definition) is 1. The van der Waals surface area contributed by atoms with E-state index in [4.69, 9.17) is 0 Å². The molecule has 0 bridgehead atoms. The molecule has 3 aliphatic carbocycles. The lowest BCUT2D eigenvalue weighted by atomic mass is 9.64. The molecule has 1 aliphatic heterocycles. The van der Waals surface area contributed by atoms with Gasteiger partial charge in [-0.3, -0.25) is 0 Å². The first-order valence-corrected chi connectivity index (χ1v) is 7.68. The van der Waals surface area contributed by atoms with E-state index < -0.39 is 0 Å². The highest BCUT2D eigenvalue weighted by Crippen LogP contribution is 2.76. The van der Waals surface area contributed by atoms with Gasteiger partial charge in [0.1, 0.15) is 0 Å². The Morgan fingerprint density at radius 3 is 2.78 bits per heavy atom. The van der Waals surface area contributed by atoms with E-state index in [9.17, 15) is 0 Å². The van der Waals surface area contributed by atoms with E-state index in [-0.39, 0.29) is 0 Å². The maximum atomic E-state index is 3.62. The summed E-state index contributed by atoms with van der Waals surface area (Å²) in [6.45, 7) is 2.31. The highest BCUT2D eigenvalue weighted by molar-refractivity contribution is 5.52. The quantitative estimate of drug-likeness (QED) is 0.731. The molecule has 1 atom stereocenters. The van der Waals surface area contributed by atoms with Crippen LogP contribution >= 0.6 is 0 Å². The van der Waals surface area contributed by atoms with Crippen LogP contribution in [0.3, 0.4) is 0 Å². The van der Waals surface area contributed by atoms with Gasteiger partial charge in [-0.05, 0) is 73.1 Å². The predicted molar refractivity (Wildman–Crippen MR) is 72.7 cm³/mol. The van der Waals surface area contributed by atoms with Crippen molar-refractivity contribution in [1.29, 1.82) is 0 Å². The molecule has 0 saturated heterocycles. The van der Waals surface area contributed by atoms with Crippen LogP contribution < -0.4 is 5.32 Å². The fourth-order valence-electron chi connectivity index (χ4n) is 5.23. The minimum absolute atomic E-state index is 0.638. The summed E-state index contributed by atoms with van der Waals surface area (Å²) in [6.07, 6.45) is 8.84. The lowest BCUT2D eigenvalue weighted by Gasteiger charge is -2.40. The van der Waals surface area contributed by atoms with E-state index in [1.807, 2.05) is 0 Å². The minimum Gasteiger partial charge on any atom is -0.313 e. The smallest absolute Gasteiger partial charge is 0.0208 e. The van der Waals surface area contributed by atoms with Crippen LogP contribution in [-0.2, 0) is 12.0 Å². The molecule has 1 aromatic rings. The van der Waals surface area contributed by atoms with Crippen molar-refractivity contribution in [2.24, 2.45) is 5.41 Å². The van der Waals surface area contributed by atoms with Crippen LogP contribution in [0.2, 0.25) is 0 Å². The monoisotopic (exact) mass is 239 g/mol. The fourth-order valence-corrected chi connectivity index (χ4v) is 5.23. The van der Waals surface area contributed by atoms with Gasteiger partial charge in [0.05, 0.1) is 0 Å². The van der Waals surface area contributed by atoms with E-state index in [0.29, 0.717) is 5.41 Å². The van der Waals surface area contributed by atoms with Crippen LogP contribution in [0.1, 0.15) is 61.1 Å². The van der Waals surface area contributed by atoms with Crippen LogP contribution in [0.4, 0.5) is 0 Å². The van der Waals surface area contributed by atoms with Gasteiger partial charge in [0, 0.05) is 12.0 Å². The molecule has 4 aliphatic rings. The zero-order valence-corrected chi connectivity index (χ0v) is 11.0. The third kappa shape index (κ3) is 1.04. The molecule has 2 saturated carbocycles. The zero-order valence-electron chi connectivity index (χ0n) is 11.0. The summed E-state index contributed by atoms with van der Waals surface area (Å²) in [6, 6.07) is 7.16. The number of nitrogens with one attached hydrogen (secondary N) is 1. The molecule has 1 N–H and O–H groups in total. The van der Waals surface area contributed by atoms with Gasteiger partial charge in [-0.25, -0.2) is 0 Å². The van der Waals surface area contributed by atoms with Crippen LogP contribution in [0.5, 0.6) is 0 Å². The highest BCUT2D eigenvalue weighted by atomic mass is 14.9. The van der Waals surface area contributed by atoms with Crippen molar-refractivity contribution in [2.45, 2.75) is 56.4 Å². The summed E-state index contributed by atoms with van der Waals surface area (Å²) in [5.74, 6) is 0.861. The fraction of sp³-hybridized carbons (Fsp3) is 0.647. The molecule has 2 spiro atoms. The van der Waals surface area contributed by atoms with Gasteiger partial charge in [-0.15, -0.1) is 0 Å². The molecule has 1 heteroatoms. The lowest BCUT2D eigenvalue weighted by Crippen LogP contribution is -2.32. The lowest BCUT2D eigenvalue weighted by molar-refractivity contribution is 0.286. The molecule has 18 heavy (non-hydrogen) atoms. The maximum absolute atomic E-state index is 3.62. The van der Waals surface area contributed by atoms with Crippen molar-refractivity contribution in [1.82, 2.24) is 5.32 Å². The number of benzene rings is 1. The van der Waals surface area contributed by atoms with Crippen molar-refractivity contribution >= 4 is 0 Å². The SMILES string of the molecule is c1cc2c3c(c1)C1(CC1)C1(CC1)C[C@H]3CCNC2. The molecule has 1 heterocycles. The largest absolute Gasteiger partial charge is 0.313 e. The Morgan fingerprint density at radius 2 is 2.00 bits per heavy atom. The number of hydrogen-bond donors (Lipinski definition) is 1. The summed E-state index contributed by atoms with van der Waals surface area (Å²) >= 11 is 0. The molecule has 94 valence electrons. The zero-order chi connectivity index (χ0) is 11.8. The van der Waals surface area contributed by atoms with Crippen molar-refractivity contribution in [2.75, 3.05) is 6.54 Å². The van der Waals surface area contributed by atoms with E-state index in [0.717, 1.165) is 17.9 Å². The van der Waals surface area contributed by atoms with Crippen LogP contribution in [-0.4, -0.2) is 6.54 Å². The molecule has 2 fully saturated rings. The summed E-state index contributed by atoms with van der Waals surface area (Å²) in [7, 11) is 0.